The molecule has 4 heteroatoms. The van der Waals surface area contributed by atoms with Crippen LogP contribution < -0.4 is 0 Å². The van der Waals surface area contributed by atoms with Gasteiger partial charge in [0.15, 0.2) is 0 Å². The molecule has 0 aliphatic carbocycles. The van der Waals surface area contributed by atoms with Gasteiger partial charge in [0, 0.05) is 21.5 Å². The Bertz CT molecular complexity index is 2750. The van der Waals surface area contributed by atoms with Crippen molar-refractivity contribution in [2.75, 3.05) is 0 Å². The highest BCUT2D eigenvalue weighted by Gasteiger charge is 2.28. The molecule has 9 aromatic rings. The lowest BCUT2D eigenvalue weighted by atomic mass is 9.83. The highest BCUT2D eigenvalue weighted by atomic mass is 16.3. The van der Waals surface area contributed by atoms with E-state index in [0.29, 0.717) is 0 Å². The predicted molar refractivity (Wildman–Crippen MR) is 213 cm³/mol. The van der Waals surface area contributed by atoms with Gasteiger partial charge in [0.1, 0.15) is 28.2 Å². The highest BCUT2D eigenvalue weighted by molar-refractivity contribution is 6.17. The second kappa shape index (κ2) is 11.5. The first-order chi connectivity index (χ1) is 24.6. The van der Waals surface area contributed by atoms with Crippen molar-refractivity contribution in [1.82, 2.24) is 9.55 Å². The van der Waals surface area contributed by atoms with Crippen LogP contribution in [-0.2, 0) is 5.41 Å². The molecule has 0 N–H and O–H groups in total. The van der Waals surface area contributed by atoms with Gasteiger partial charge in [0.2, 0.25) is 0 Å². The van der Waals surface area contributed by atoms with Crippen molar-refractivity contribution in [1.29, 1.82) is 0 Å². The molecule has 51 heavy (non-hydrogen) atoms. The fraction of sp³-hybridized carbons (Fsp3) is 0.213. The van der Waals surface area contributed by atoms with Crippen molar-refractivity contribution < 1.29 is 8.83 Å². The summed E-state index contributed by atoms with van der Waals surface area (Å²) in [4.78, 5) is 5.42. The second-order valence-electron chi connectivity index (χ2n) is 15.6. The number of para-hydroxylation sites is 3. The van der Waals surface area contributed by atoms with Crippen molar-refractivity contribution in [3.05, 3.63) is 132 Å². The Balaban J connectivity index is 1.39. The van der Waals surface area contributed by atoms with Crippen LogP contribution in [0, 0.1) is 0 Å². The van der Waals surface area contributed by atoms with Gasteiger partial charge in [-0.2, -0.15) is 0 Å². The zero-order valence-corrected chi connectivity index (χ0v) is 30.3. The molecule has 252 valence electrons. The molecule has 0 amide bonds. The topological polar surface area (TPSA) is 44.1 Å². The van der Waals surface area contributed by atoms with Crippen LogP contribution >= 0.6 is 0 Å². The van der Waals surface area contributed by atoms with Gasteiger partial charge in [-0.3, -0.25) is 4.57 Å². The largest absolute Gasteiger partial charge is 0.456 e. The summed E-state index contributed by atoms with van der Waals surface area (Å²) < 4.78 is 15.8. The summed E-state index contributed by atoms with van der Waals surface area (Å²) >= 11 is 0. The number of benzene rings is 6. The van der Waals surface area contributed by atoms with Crippen molar-refractivity contribution in [3.63, 3.8) is 0 Å². The van der Waals surface area contributed by atoms with Gasteiger partial charge in [-0.05, 0) is 93.6 Å². The number of rotatable bonds is 5. The van der Waals surface area contributed by atoms with Crippen LogP contribution in [-0.4, -0.2) is 9.55 Å². The molecule has 0 spiro atoms. The number of hydrogen-bond donors (Lipinski definition) is 0. The third-order valence-electron chi connectivity index (χ3n) is 10.5. The van der Waals surface area contributed by atoms with E-state index in [1.54, 1.807) is 0 Å². The van der Waals surface area contributed by atoms with Gasteiger partial charge in [0.05, 0.1) is 22.3 Å². The van der Waals surface area contributed by atoms with Gasteiger partial charge in [-0.25, -0.2) is 4.98 Å². The molecule has 0 aliphatic rings. The van der Waals surface area contributed by atoms with Crippen molar-refractivity contribution >= 4 is 54.9 Å². The van der Waals surface area contributed by atoms with Gasteiger partial charge in [-0.1, -0.05) is 115 Å². The van der Waals surface area contributed by atoms with Gasteiger partial charge >= 0.3 is 0 Å². The average Bonchev–Trinajstić information content (AvgIpc) is 3.80. The van der Waals surface area contributed by atoms with Crippen molar-refractivity contribution in [2.45, 2.75) is 65.7 Å². The van der Waals surface area contributed by atoms with Gasteiger partial charge in [-0.15, -0.1) is 0 Å². The van der Waals surface area contributed by atoms with Gasteiger partial charge in [0.25, 0.3) is 0 Å². The molecule has 9 rings (SSSR count). The molecule has 3 heterocycles. The van der Waals surface area contributed by atoms with E-state index in [1.807, 2.05) is 12.1 Å². The normalized spacial score (nSPS) is 12.6. The Morgan fingerprint density at radius 1 is 0.588 bits per heavy atom. The lowest BCUT2D eigenvalue weighted by Crippen LogP contribution is -2.12. The van der Waals surface area contributed by atoms with E-state index in [0.717, 1.165) is 66.3 Å². The molecule has 0 atom stereocenters. The summed E-state index contributed by atoms with van der Waals surface area (Å²) in [5.41, 5.74) is 13.8. The van der Waals surface area contributed by atoms with Crippen molar-refractivity contribution in [2.24, 2.45) is 0 Å². The molecule has 0 bridgehead atoms. The van der Waals surface area contributed by atoms with Crippen LogP contribution in [0.2, 0.25) is 0 Å². The molecule has 3 aromatic heterocycles. The van der Waals surface area contributed by atoms with E-state index < -0.39 is 0 Å². The average molecular weight is 667 g/mol. The third kappa shape index (κ3) is 4.92. The van der Waals surface area contributed by atoms with Crippen LogP contribution in [0.5, 0.6) is 0 Å². The molecule has 0 unspecified atom stereocenters. The highest BCUT2D eigenvalue weighted by Crippen LogP contribution is 2.46. The van der Waals surface area contributed by atoms with Crippen LogP contribution in [0.15, 0.2) is 124 Å². The summed E-state index contributed by atoms with van der Waals surface area (Å²) in [5.74, 6) is 1.43. The molecule has 6 aromatic carbocycles. The van der Waals surface area contributed by atoms with E-state index in [-0.39, 0.29) is 17.3 Å². The standard InChI is InChI=1S/C47H42N2O2/c1-27(2)33-23-30(29-15-9-8-10-16-29)24-34(28(3)4)44(33)49-39-19-13-12-18-38(39)48-46(49)32-21-22-37(47(5,6)7)43-36-26-41-35(25-42(36)51-45(32)43)31-17-11-14-20-40(31)50-41/h8-28H,1-7H3. The molecular weight excluding hydrogens is 625 g/mol. The number of imidazole rings is 1. The summed E-state index contributed by atoms with van der Waals surface area (Å²) in [6.07, 6.45) is 0. The predicted octanol–water partition coefficient (Wildman–Crippen LogP) is 13.7. The fourth-order valence-corrected chi connectivity index (χ4v) is 7.95. The maximum Gasteiger partial charge on any atom is 0.149 e. The maximum atomic E-state index is 7.02. The number of fused-ring (bicyclic) bond motifs is 7. The SMILES string of the molecule is CC(C)c1cc(-c2ccccc2)cc(C(C)C)c1-n1c(-c2ccc(C(C)(C)C)c3c2oc2cc4c(cc23)oc2ccccc24)nc2ccccc21. The van der Waals surface area contributed by atoms with E-state index in [2.05, 4.69) is 156 Å². The Hall–Kier alpha value is -5.61. The van der Waals surface area contributed by atoms with E-state index in [1.165, 1.54) is 33.5 Å². The molecular formula is C47H42N2O2. The Morgan fingerprint density at radius 2 is 1.24 bits per heavy atom. The first-order valence-corrected chi connectivity index (χ1v) is 18.1. The fourth-order valence-electron chi connectivity index (χ4n) is 7.95. The molecule has 0 radical (unpaired) electrons. The Kier molecular flexibility index (Phi) is 7.05. The van der Waals surface area contributed by atoms with Crippen molar-refractivity contribution in [3.8, 4) is 28.2 Å². The third-order valence-corrected chi connectivity index (χ3v) is 10.5. The zero-order chi connectivity index (χ0) is 35.2. The summed E-state index contributed by atoms with van der Waals surface area (Å²) in [7, 11) is 0. The van der Waals surface area contributed by atoms with Crippen LogP contribution in [0.25, 0.3) is 83.1 Å². The summed E-state index contributed by atoms with van der Waals surface area (Å²) in [6.45, 7) is 16.0. The van der Waals surface area contributed by atoms with E-state index in [4.69, 9.17) is 13.8 Å². The first-order valence-electron chi connectivity index (χ1n) is 18.1. The quantitative estimate of drug-likeness (QED) is 0.184. The zero-order valence-electron chi connectivity index (χ0n) is 30.3. The minimum Gasteiger partial charge on any atom is -0.456 e. The minimum atomic E-state index is -0.126. The lowest BCUT2D eigenvalue weighted by Gasteiger charge is -2.25. The Labute approximate surface area is 298 Å². The molecule has 0 fully saturated rings. The monoisotopic (exact) mass is 666 g/mol. The molecule has 0 saturated heterocycles. The summed E-state index contributed by atoms with van der Waals surface area (Å²) in [5, 5.41) is 4.33. The van der Waals surface area contributed by atoms with Crippen LogP contribution in [0.4, 0.5) is 0 Å². The van der Waals surface area contributed by atoms with Gasteiger partial charge < -0.3 is 8.83 Å². The first kappa shape index (κ1) is 31.4. The molecule has 0 saturated carbocycles. The smallest absolute Gasteiger partial charge is 0.149 e. The lowest BCUT2D eigenvalue weighted by molar-refractivity contribution is 0.595. The number of furan rings is 2. The van der Waals surface area contributed by atoms with Crippen LogP contribution in [0.1, 0.15) is 77.0 Å². The maximum absolute atomic E-state index is 7.02. The minimum absolute atomic E-state index is 0.126. The second-order valence-corrected chi connectivity index (χ2v) is 15.6. The molecule has 0 aliphatic heterocycles. The van der Waals surface area contributed by atoms with E-state index >= 15 is 0 Å². The summed E-state index contributed by atoms with van der Waals surface area (Å²) in [6, 6.07) is 41.1. The van der Waals surface area contributed by atoms with Crippen LogP contribution in [0.3, 0.4) is 0 Å². The molecule has 4 nitrogen and oxygen atoms in total. The van der Waals surface area contributed by atoms with E-state index in [9.17, 15) is 0 Å². The number of nitrogens with zero attached hydrogens (tertiary/aromatic N) is 2. The number of aromatic nitrogens is 2. The Morgan fingerprint density at radius 3 is 1.96 bits per heavy atom. The number of hydrogen-bond acceptors (Lipinski definition) is 3.